The highest BCUT2D eigenvalue weighted by molar-refractivity contribution is 5.30. The summed E-state index contributed by atoms with van der Waals surface area (Å²) in [5.74, 6) is 0.564. The molecule has 0 spiro atoms. The maximum Gasteiger partial charge on any atom is 0.219 e. The van der Waals surface area contributed by atoms with E-state index in [2.05, 4.69) is 9.97 Å². The van der Waals surface area contributed by atoms with Crippen LogP contribution in [0.15, 0.2) is 6.33 Å². The molecule has 0 aromatic carbocycles. The lowest BCUT2D eigenvalue weighted by molar-refractivity contribution is 0.166. The Morgan fingerprint density at radius 2 is 2.00 bits per heavy atom. The first kappa shape index (κ1) is 10.9. The predicted molar refractivity (Wildman–Crippen MR) is 53.4 cm³/mol. The zero-order chi connectivity index (χ0) is 10.7. The van der Waals surface area contributed by atoms with E-state index in [1.54, 1.807) is 14.0 Å². The number of methoxy groups -OCH3 is 1. The second-order valence-corrected chi connectivity index (χ2v) is 3.42. The van der Waals surface area contributed by atoms with Crippen LogP contribution in [0.3, 0.4) is 0 Å². The fourth-order valence-corrected chi connectivity index (χ4v) is 1.34. The molecule has 4 heteroatoms. The van der Waals surface area contributed by atoms with Gasteiger partial charge in [0.1, 0.15) is 6.33 Å². The van der Waals surface area contributed by atoms with Gasteiger partial charge in [-0.2, -0.15) is 0 Å². The molecule has 1 rings (SSSR count). The van der Waals surface area contributed by atoms with Crippen molar-refractivity contribution in [1.29, 1.82) is 0 Å². The van der Waals surface area contributed by atoms with Crippen LogP contribution in [0, 0.1) is 6.92 Å². The quantitative estimate of drug-likeness (QED) is 0.791. The summed E-state index contributed by atoms with van der Waals surface area (Å²) in [5.41, 5.74) is 1.73. The third kappa shape index (κ3) is 2.01. The van der Waals surface area contributed by atoms with Gasteiger partial charge in [-0.15, -0.1) is 0 Å². The summed E-state index contributed by atoms with van der Waals surface area (Å²) in [5, 5.41) is 9.46. The van der Waals surface area contributed by atoms with Crippen molar-refractivity contribution in [3.63, 3.8) is 0 Å². The monoisotopic (exact) mass is 196 g/mol. The SMILES string of the molecule is COc1ncnc(C(C)C(C)O)c1C. The summed E-state index contributed by atoms with van der Waals surface area (Å²) < 4.78 is 5.08. The lowest BCUT2D eigenvalue weighted by Gasteiger charge is -2.16. The molecule has 1 heterocycles. The fraction of sp³-hybridized carbons (Fsp3) is 0.600. The van der Waals surface area contributed by atoms with Gasteiger partial charge in [-0.25, -0.2) is 9.97 Å². The first-order valence-corrected chi connectivity index (χ1v) is 4.61. The number of aliphatic hydroxyl groups is 1. The van der Waals surface area contributed by atoms with Crippen LogP contribution in [0.5, 0.6) is 5.88 Å². The normalized spacial score (nSPS) is 14.9. The molecule has 78 valence electrons. The Kier molecular flexibility index (Phi) is 3.41. The number of aliphatic hydroxyl groups excluding tert-OH is 1. The van der Waals surface area contributed by atoms with Gasteiger partial charge in [0.25, 0.3) is 0 Å². The second-order valence-electron chi connectivity index (χ2n) is 3.42. The molecular weight excluding hydrogens is 180 g/mol. The number of rotatable bonds is 3. The maximum absolute atomic E-state index is 9.46. The van der Waals surface area contributed by atoms with Crippen molar-refractivity contribution in [3.05, 3.63) is 17.6 Å². The molecule has 0 aliphatic carbocycles. The molecule has 0 aliphatic heterocycles. The van der Waals surface area contributed by atoms with Crippen LogP contribution >= 0.6 is 0 Å². The number of hydrogen-bond donors (Lipinski definition) is 1. The minimum Gasteiger partial charge on any atom is -0.481 e. The first-order valence-electron chi connectivity index (χ1n) is 4.61. The molecule has 0 amide bonds. The second kappa shape index (κ2) is 4.37. The molecule has 1 aromatic heterocycles. The number of ether oxygens (including phenoxy) is 1. The smallest absolute Gasteiger partial charge is 0.219 e. The third-order valence-electron chi connectivity index (χ3n) is 2.43. The third-order valence-corrected chi connectivity index (χ3v) is 2.43. The topological polar surface area (TPSA) is 55.2 Å². The molecule has 2 unspecified atom stereocenters. The Morgan fingerprint density at radius 3 is 2.50 bits per heavy atom. The van der Waals surface area contributed by atoms with Gasteiger partial charge in [0.15, 0.2) is 0 Å². The van der Waals surface area contributed by atoms with Crippen molar-refractivity contribution < 1.29 is 9.84 Å². The first-order chi connectivity index (χ1) is 6.57. The molecule has 0 aliphatic rings. The summed E-state index contributed by atoms with van der Waals surface area (Å²) in [6.07, 6.45) is 1.04. The van der Waals surface area contributed by atoms with Crippen molar-refractivity contribution in [3.8, 4) is 5.88 Å². The molecule has 2 atom stereocenters. The minimum atomic E-state index is -0.423. The lowest BCUT2D eigenvalue weighted by Crippen LogP contribution is -2.14. The summed E-state index contributed by atoms with van der Waals surface area (Å²) in [7, 11) is 1.58. The highest BCUT2D eigenvalue weighted by atomic mass is 16.5. The van der Waals surface area contributed by atoms with Crippen molar-refractivity contribution in [2.45, 2.75) is 32.8 Å². The standard InChI is InChI=1S/C10H16N2O2/c1-6(8(3)13)9-7(2)10(14-4)12-5-11-9/h5-6,8,13H,1-4H3. The molecule has 4 nitrogen and oxygen atoms in total. The Balaban J connectivity index is 3.09. The zero-order valence-corrected chi connectivity index (χ0v) is 8.98. The largest absolute Gasteiger partial charge is 0.481 e. The van der Waals surface area contributed by atoms with Crippen LogP contribution in [0.1, 0.15) is 31.0 Å². The van der Waals surface area contributed by atoms with Crippen molar-refractivity contribution >= 4 is 0 Å². The van der Waals surface area contributed by atoms with Gasteiger partial charge < -0.3 is 9.84 Å². The predicted octanol–water partition coefficient (Wildman–Crippen LogP) is 1.28. The summed E-state index contributed by atoms with van der Waals surface area (Å²) in [4.78, 5) is 8.14. The molecule has 1 aromatic rings. The number of nitrogens with zero attached hydrogens (tertiary/aromatic N) is 2. The van der Waals surface area contributed by atoms with Crippen LogP contribution in [-0.2, 0) is 0 Å². The lowest BCUT2D eigenvalue weighted by atomic mass is 9.98. The highest BCUT2D eigenvalue weighted by Gasteiger charge is 2.17. The summed E-state index contributed by atoms with van der Waals surface area (Å²) >= 11 is 0. The van der Waals surface area contributed by atoms with E-state index in [0.717, 1.165) is 11.3 Å². The van der Waals surface area contributed by atoms with Crippen LogP contribution in [-0.4, -0.2) is 28.3 Å². The fourth-order valence-electron chi connectivity index (χ4n) is 1.34. The molecule has 0 bridgehead atoms. The summed E-state index contributed by atoms with van der Waals surface area (Å²) in [6.45, 7) is 5.57. The maximum atomic E-state index is 9.46. The molecule has 0 saturated carbocycles. The van der Waals surface area contributed by atoms with Gasteiger partial charge in [0.2, 0.25) is 5.88 Å². The average molecular weight is 196 g/mol. The van der Waals surface area contributed by atoms with E-state index in [4.69, 9.17) is 4.74 Å². The molecule has 0 saturated heterocycles. The molecule has 14 heavy (non-hydrogen) atoms. The summed E-state index contributed by atoms with van der Waals surface area (Å²) in [6, 6.07) is 0. The van der Waals surface area contributed by atoms with Gasteiger partial charge >= 0.3 is 0 Å². The Hall–Kier alpha value is -1.16. The van der Waals surface area contributed by atoms with Gasteiger partial charge in [0, 0.05) is 11.5 Å². The van der Waals surface area contributed by atoms with E-state index in [1.165, 1.54) is 6.33 Å². The Labute approximate surface area is 84.0 Å². The highest BCUT2D eigenvalue weighted by Crippen LogP contribution is 2.24. The van der Waals surface area contributed by atoms with E-state index in [0.29, 0.717) is 5.88 Å². The van der Waals surface area contributed by atoms with E-state index >= 15 is 0 Å². The van der Waals surface area contributed by atoms with Crippen LogP contribution < -0.4 is 4.74 Å². The average Bonchev–Trinajstić information content (AvgIpc) is 2.17. The van der Waals surface area contributed by atoms with Gasteiger partial charge in [0.05, 0.1) is 18.9 Å². The molecular formula is C10H16N2O2. The van der Waals surface area contributed by atoms with Crippen molar-refractivity contribution in [1.82, 2.24) is 9.97 Å². The van der Waals surface area contributed by atoms with Crippen LogP contribution in [0.2, 0.25) is 0 Å². The van der Waals surface area contributed by atoms with Gasteiger partial charge in [-0.05, 0) is 13.8 Å². The van der Waals surface area contributed by atoms with E-state index in [-0.39, 0.29) is 5.92 Å². The van der Waals surface area contributed by atoms with Crippen molar-refractivity contribution in [2.24, 2.45) is 0 Å². The van der Waals surface area contributed by atoms with Crippen molar-refractivity contribution in [2.75, 3.05) is 7.11 Å². The molecule has 0 radical (unpaired) electrons. The zero-order valence-electron chi connectivity index (χ0n) is 8.98. The van der Waals surface area contributed by atoms with Crippen LogP contribution in [0.4, 0.5) is 0 Å². The van der Waals surface area contributed by atoms with E-state index < -0.39 is 6.10 Å². The molecule has 0 fully saturated rings. The van der Waals surface area contributed by atoms with E-state index in [1.807, 2.05) is 13.8 Å². The Morgan fingerprint density at radius 1 is 1.36 bits per heavy atom. The number of aromatic nitrogens is 2. The minimum absolute atomic E-state index is 0.00750. The van der Waals surface area contributed by atoms with Gasteiger partial charge in [-0.1, -0.05) is 6.92 Å². The number of hydrogen-bond acceptors (Lipinski definition) is 4. The molecule has 1 N–H and O–H groups in total. The van der Waals surface area contributed by atoms with Gasteiger partial charge in [-0.3, -0.25) is 0 Å². The Bertz CT molecular complexity index is 313. The van der Waals surface area contributed by atoms with E-state index in [9.17, 15) is 5.11 Å². The van der Waals surface area contributed by atoms with Crippen LogP contribution in [0.25, 0.3) is 0 Å².